The number of nitrogens with one attached hydrogen (secondary N) is 3. The number of piperidine rings is 1. The molecule has 0 saturated carbocycles. The molecule has 1 aromatic carbocycles. The zero-order chi connectivity index (χ0) is 20.9. The van der Waals surface area contributed by atoms with Gasteiger partial charge in [0, 0.05) is 19.2 Å². The molecule has 156 valence electrons. The number of ether oxygens (including phenoxy) is 1. The lowest BCUT2D eigenvalue weighted by Gasteiger charge is -2.24. The van der Waals surface area contributed by atoms with E-state index < -0.39 is 15.9 Å². The molecule has 11 heteroatoms. The van der Waals surface area contributed by atoms with Crippen molar-refractivity contribution >= 4 is 33.9 Å². The van der Waals surface area contributed by atoms with Gasteiger partial charge < -0.3 is 9.64 Å². The Kier molecular flexibility index (Phi) is 6.49. The lowest BCUT2D eigenvalue weighted by Crippen LogP contribution is -2.30. The quantitative estimate of drug-likeness (QED) is 0.577. The van der Waals surface area contributed by atoms with Crippen LogP contribution in [-0.2, 0) is 14.8 Å². The van der Waals surface area contributed by atoms with Gasteiger partial charge in [-0.15, -0.1) is 5.10 Å². The summed E-state index contributed by atoms with van der Waals surface area (Å²) in [6, 6.07) is 4.61. The highest BCUT2D eigenvalue weighted by atomic mass is 32.2. The van der Waals surface area contributed by atoms with E-state index in [4.69, 9.17) is 4.74 Å². The van der Waals surface area contributed by atoms with Crippen molar-refractivity contribution in [2.24, 2.45) is 0 Å². The van der Waals surface area contributed by atoms with Crippen molar-refractivity contribution in [2.75, 3.05) is 37.5 Å². The third-order valence-corrected chi connectivity index (χ3v) is 5.96. The second kappa shape index (κ2) is 9.05. The summed E-state index contributed by atoms with van der Waals surface area (Å²) in [7, 11) is -0.985. The van der Waals surface area contributed by atoms with Crippen LogP contribution in [0.25, 0.3) is 6.08 Å². The molecule has 1 aromatic heterocycles. The van der Waals surface area contributed by atoms with E-state index in [1.165, 1.54) is 44.9 Å². The van der Waals surface area contributed by atoms with Crippen LogP contribution < -0.4 is 19.7 Å². The van der Waals surface area contributed by atoms with Crippen LogP contribution in [0.5, 0.6) is 5.75 Å². The van der Waals surface area contributed by atoms with Crippen LogP contribution in [-0.4, -0.2) is 56.8 Å². The SMILES string of the molecule is CNS(=O)(=O)c1cc(/C=C/C(=O)Nc2nc(N3CCCCC3)n[nH]2)ccc1OC. The van der Waals surface area contributed by atoms with E-state index in [1.54, 1.807) is 6.07 Å². The van der Waals surface area contributed by atoms with Crippen molar-refractivity contribution in [2.45, 2.75) is 24.2 Å². The summed E-state index contributed by atoms with van der Waals surface area (Å²) in [6.07, 6.45) is 6.21. The maximum atomic E-state index is 12.2. The van der Waals surface area contributed by atoms with Crippen LogP contribution in [0.2, 0.25) is 0 Å². The van der Waals surface area contributed by atoms with Gasteiger partial charge in [0.05, 0.1) is 7.11 Å². The molecule has 1 amide bonds. The molecule has 0 radical (unpaired) electrons. The first kappa shape index (κ1) is 20.8. The number of nitrogens with zero attached hydrogens (tertiary/aromatic N) is 3. The number of hydrogen-bond donors (Lipinski definition) is 3. The van der Waals surface area contributed by atoms with E-state index >= 15 is 0 Å². The largest absolute Gasteiger partial charge is 0.495 e. The normalized spacial score (nSPS) is 14.9. The molecule has 0 spiro atoms. The van der Waals surface area contributed by atoms with Gasteiger partial charge in [-0.05, 0) is 50.1 Å². The molecule has 0 aliphatic carbocycles. The smallest absolute Gasteiger partial charge is 0.250 e. The topological polar surface area (TPSA) is 129 Å². The van der Waals surface area contributed by atoms with Crippen LogP contribution in [0.3, 0.4) is 0 Å². The number of H-pyrrole nitrogens is 1. The van der Waals surface area contributed by atoms with Crippen molar-refractivity contribution in [1.29, 1.82) is 0 Å². The van der Waals surface area contributed by atoms with Crippen molar-refractivity contribution in [3.63, 3.8) is 0 Å². The van der Waals surface area contributed by atoms with Gasteiger partial charge in [-0.25, -0.2) is 18.2 Å². The molecule has 2 heterocycles. The molecule has 3 N–H and O–H groups in total. The fraction of sp³-hybridized carbons (Fsp3) is 0.389. The molecule has 10 nitrogen and oxygen atoms in total. The van der Waals surface area contributed by atoms with E-state index in [-0.39, 0.29) is 16.6 Å². The summed E-state index contributed by atoms with van der Waals surface area (Å²) in [4.78, 5) is 18.5. The van der Waals surface area contributed by atoms with Crippen molar-refractivity contribution in [3.8, 4) is 5.75 Å². The van der Waals surface area contributed by atoms with Crippen LogP contribution in [0.1, 0.15) is 24.8 Å². The molecule has 0 atom stereocenters. The molecular weight excluding hydrogens is 396 g/mol. The van der Waals surface area contributed by atoms with Crippen molar-refractivity contribution < 1.29 is 17.9 Å². The minimum Gasteiger partial charge on any atom is -0.495 e. The van der Waals surface area contributed by atoms with E-state index in [9.17, 15) is 13.2 Å². The lowest BCUT2D eigenvalue weighted by molar-refractivity contribution is -0.111. The van der Waals surface area contributed by atoms with Crippen molar-refractivity contribution in [1.82, 2.24) is 19.9 Å². The Labute approximate surface area is 169 Å². The maximum absolute atomic E-state index is 12.2. The molecule has 1 aliphatic rings. The van der Waals surface area contributed by atoms with E-state index in [0.717, 1.165) is 25.9 Å². The van der Waals surface area contributed by atoms with Crippen LogP contribution in [0.15, 0.2) is 29.2 Å². The average Bonchev–Trinajstić information content (AvgIpc) is 3.21. The summed E-state index contributed by atoms with van der Waals surface area (Å²) in [5.41, 5.74) is 0.529. The molecule has 1 saturated heterocycles. The Hall–Kier alpha value is -2.92. The zero-order valence-electron chi connectivity index (χ0n) is 16.3. The second-order valence-electron chi connectivity index (χ2n) is 6.47. The number of methoxy groups -OCH3 is 1. The van der Waals surface area contributed by atoms with Crippen LogP contribution >= 0.6 is 0 Å². The highest BCUT2D eigenvalue weighted by Gasteiger charge is 2.18. The summed E-state index contributed by atoms with van der Waals surface area (Å²) in [5, 5.41) is 9.47. The summed E-state index contributed by atoms with van der Waals surface area (Å²) < 4.78 is 31.6. The number of rotatable bonds is 7. The van der Waals surface area contributed by atoms with Gasteiger partial charge in [0.15, 0.2) is 0 Å². The molecule has 3 rings (SSSR count). The number of benzene rings is 1. The minimum atomic E-state index is -3.70. The second-order valence-corrected chi connectivity index (χ2v) is 8.33. The highest BCUT2D eigenvalue weighted by Crippen LogP contribution is 2.25. The molecule has 2 aromatic rings. The first-order valence-corrected chi connectivity index (χ1v) is 10.7. The van der Waals surface area contributed by atoms with Gasteiger partial charge in [-0.2, -0.15) is 4.98 Å². The lowest BCUT2D eigenvalue weighted by atomic mass is 10.1. The van der Waals surface area contributed by atoms with Gasteiger partial charge in [0.25, 0.3) is 5.91 Å². The first-order chi connectivity index (χ1) is 13.9. The van der Waals surface area contributed by atoms with Crippen molar-refractivity contribution in [3.05, 3.63) is 29.8 Å². The molecule has 0 unspecified atom stereocenters. The Morgan fingerprint density at radius 3 is 2.72 bits per heavy atom. The number of carbonyl (C=O) groups is 1. The van der Waals surface area contributed by atoms with E-state index in [0.29, 0.717) is 11.5 Å². The standard InChI is InChI=1S/C18H24N6O4S/c1-19-29(26,27)15-12-13(6-8-14(15)28-2)7-9-16(25)20-17-21-18(23-22-17)24-10-4-3-5-11-24/h6-9,12,19H,3-5,10-11H2,1-2H3,(H2,20,21,22,23,25)/b9-7+. The summed E-state index contributed by atoms with van der Waals surface area (Å²) >= 11 is 0. The number of hydrogen-bond acceptors (Lipinski definition) is 7. The number of anilines is 2. The fourth-order valence-electron chi connectivity index (χ4n) is 2.99. The molecule has 1 fully saturated rings. The van der Waals surface area contributed by atoms with Gasteiger partial charge in [0.1, 0.15) is 10.6 Å². The summed E-state index contributed by atoms with van der Waals surface area (Å²) in [5.74, 6) is 0.627. The molecule has 1 aliphatic heterocycles. The van der Waals surface area contributed by atoms with Crippen LogP contribution in [0, 0.1) is 0 Å². The first-order valence-electron chi connectivity index (χ1n) is 9.21. The highest BCUT2D eigenvalue weighted by molar-refractivity contribution is 7.89. The van der Waals surface area contributed by atoms with Gasteiger partial charge in [-0.1, -0.05) is 6.07 Å². The number of aromatic nitrogens is 3. The third-order valence-electron chi connectivity index (χ3n) is 4.53. The minimum absolute atomic E-state index is 0.00790. The predicted octanol–water partition coefficient (Wildman–Crippen LogP) is 1.36. The monoisotopic (exact) mass is 420 g/mol. The maximum Gasteiger partial charge on any atom is 0.250 e. The Balaban J connectivity index is 1.68. The average molecular weight is 420 g/mol. The molecule has 29 heavy (non-hydrogen) atoms. The Morgan fingerprint density at radius 1 is 1.28 bits per heavy atom. The Bertz CT molecular complexity index is 996. The van der Waals surface area contributed by atoms with Gasteiger partial charge in [0.2, 0.25) is 21.9 Å². The van der Waals surface area contributed by atoms with E-state index in [1.807, 2.05) is 0 Å². The Morgan fingerprint density at radius 2 is 2.03 bits per heavy atom. The molecule has 0 bridgehead atoms. The number of amides is 1. The predicted molar refractivity (Wildman–Crippen MR) is 109 cm³/mol. The van der Waals surface area contributed by atoms with E-state index in [2.05, 4.69) is 30.1 Å². The number of aromatic amines is 1. The third kappa shape index (κ3) is 5.12. The van der Waals surface area contributed by atoms with Crippen LogP contribution in [0.4, 0.5) is 11.9 Å². The number of sulfonamides is 1. The summed E-state index contributed by atoms with van der Waals surface area (Å²) in [6.45, 7) is 1.81. The fourth-order valence-corrected chi connectivity index (χ4v) is 3.92. The molecular formula is C18H24N6O4S. The van der Waals surface area contributed by atoms with Gasteiger partial charge in [-0.3, -0.25) is 10.1 Å². The number of carbonyl (C=O) groups excluding carboxylic acids is 1. The zero-order valence-corrected chi connectivity index (χ0v) is 17.1. The van der Waals surface area contributed by atoms with Gasteiger partial charge >= 0.3 is 0 Å².